The van der Waals surface area contributed by atoms with Crippen molar-refractivity contribution in [2.75, 3.05) is 39.2 Å². The summed E-state index contributed by atoms with van der Waals surface area (Å²) >= 11 is 0. The standard InChI is InChI=1S/C21H23N5O4/c1-28-16-8-13-7-14(9-16)22-4-6-25-15(10-18(29-2)21(25)27)12-30-19-3-5-26-20(24-19)17(13)11-23-26/h3,5,7-9,11,15,18,22H,4,6,10,12H2,1-2H3/t15-,18+/m0/s1. The van der Waals surface area contributed by atoms with E-state index >= 15 is 0 Å². The second-order valence-corrected chi connectivity index (χ2v) is 7.43. The van der Waals surface area contributed by atoms with Crippen molar-refractivity contribution >= 4 is 17.2 Å². The number of ether oxygens (including phenoxy) is 3. The van der Waals surface area contributed by atoms with Gasteiger partial charge in [0.15, 0.2) is 5.65 Å². The number of benzene rings is 1. The highest BCUT2D eigenvalue weighted by atomic mass is 16.5. The van der Waals surface area contributed by atoms with Gasteiger partial charge in [-0.1, -0.05) is 0 Å². The van der Waals surface area contributed by atoms with E-state index in [1.54, 1.807) is 31.0 Å². The van der Waals surface area contributed by atoms with Crippen LogP contribution in [0.25, 0.3) is 16.8 Å². The van der Waals surface area contributed by atoms with Gasteiger partial charge in [0, 0.05) is 56.2 Å². The number of hydrogen-bond acceptors (Lipinski definition) is 7. The SMILES string of the molecule is COc1cc2cc(c1)-c1cnn3ccc(nc13)OC[C@@H]1C[C@@H](OC)C(=O)N1CCN2. The molecule has 1 aromatic carbocycles. The summed E-state index contributed by atoms with van der Waals surface area (Å²) in [5, 5.41) is 7.82. The van der Waals surface area contributed by atoms with E-state index in [1.807, 2.05) is 29.3 Å². The van der Waals surface area contributed by atoms with Gasteiger partial charge in [0.25, 0.3) is 5.91 Å². The molecular formula is C21H23N5O4. The number of amides is 1. The van der Waals surface area contributed by atoms with Crippen molar-refractivity contribution in [3.63, 3.8) is 0 Å². The first kappa shape index (κ1) is 18.7. The summed E-state index contributed by atoms with van der Waals surface area (Å²) in [6.45, 7) is 1.50. The number of carbonyl (C=O) groups excluding carboxylic acids is 1. The third-order valence-electron chi connectivity index (χ3n) is 5.67. The van der Waals surface area contributed by atoms with Crippen LogP contribution in [0.1, 0.15) is 6.42 Å². The Morgan fingerprint density at radius 1 is 1.27 bits per heavy atom. The molecule has 1 fully saturated rings. The van der Waals surface area contributed by atoms with Crippen molar-refractivity contribution in [2.45, 2.75) is 18.6 Å². The first-order valence-corrected chi connectivity index (χ1v) is 9.90. The van der Waals surface area contributed by atoms with Gasteiger partial charge in [-0.2, -0.15) is 10.1 Å². The van der Waals surface area contributed by atoms with Crippen molar-refractivity contribution in [1.29, 1.82) is 0 Å². The number of hydrogen-bond donors (Lipinski definition) is 1. The molecule has 2 aromatic heterocycles. The monoisotopic (exact) mass is 409 g/mol. The fourth-order valence-electron chi connectivity index (χ4n) is 4.10. The normalized spacial score (nSPS) is 21.1. The molecule has 30 heavy (non-hydrogen) atoms. The first-order chi connectivity index (χ1) is 14.7. The van der Waals surface area contributed by atoms with E-state index in [0.717, 1.165) is 22.6 Å². The molecule has 4 bridgehead atoms. The molecule has 1 N–H and O–H groups in total. The molecule has 4 heterocycles. The summed E-state index contributed by atoms with van der Waals surface area (Å²) in [7, 11) is 3.21. The van der Waals surface area contributed by atoms with Crippen molar-refractivity contribution in [1.82, 2.24) is 19.5 Å². The van der Waals surface area contributed by atoms with Gasteiger partial charge in [-0.15, -0.1) is 0 Å². The molecule has 1 saturated heterocycles. The summed E-state index contributed by atoms with van der Waals surface area (Å²) in [5.41, 5.74) is 3.41. The van der Waals surface area contributed by atoms with Crippen molar-refractivity contribution < 1.29 is 19.0 Å². The van der Waals surface area contributed by atoms with Crippen molar-refractivity contribution in [3.05, 3.63) is 36.7 Å². The Morgan fingerprint density at radius 2 is 2.17 bits per heavy atom. The molecule has 0 unspecified atom stereocenters. The van der Waals surface area contributed by atoms with Gasteiger partial charge in [0.1, 0.15) is 18.5 Å². The Kier molecular flexibility index (Phi) is 4.66. The molecule has 0 spiro atoms. The minimum Gasteiger partial charge on any atom is -0.497 e. The Bertz CT molecular complexity index is 1100. The predicted octanol–water partition coefficient (Wildman–Crippen LogP) is 1.83. The summed E-state index contributed by atoms with van der Waals surface area (Å²) in [6.07, 6.45) is 3.77. The summed E-state index contributed by atoms with van der Waals surface area (Å²) in [5.74, 6) is 1.21. The topological polar surface area (TPSA) is 90.2 Å². The van der Waals surface area contributed by atoms with Crippen LogP contribution in [0.5, 0.6) is 11.6 Å². The number of carbonyl (C=O) groups is 1. The molecule has 9 heteroatoms. The third kappa shape index (κ3) is 3.21. The van der Waals surface area contributed by atoms with Crippen LogP contribution < -0.4 is 14.8 Å². The molecule has 2 aliphatic rings. The van der Waals surface area contributed by atoms with Gasteiger partial charge in [-0.3, -0.25) is 4.79 Å². The maximum Gasteiger partial charge on any atom is 0.252 e. The zero-order chi connectivity index (χ0) is 20.7. The van der Waals surface area contributed by atoms with Gasteiger partial charge >= 0.3 is 0 Å². The molecule has 3 aromatic rings. The average Bonchev–Trinajstić information content (AvgIpc) is 3.32. The lowest BCUT2D eigenvalue weighted by Crippen LogP contribution is -2.41. The van der Waals surface area contributed by atoms with Gasteiger partial charge < -0.3 is 24.4 Å². The zero-order valence-corrected chi connectivity index (χ0v) is 16.9. The molecule has 2 aliphatic heterocycles. The number of aromatic nitrogens is 3. The zero-order valence-electron chi connectivity index (χ0n) is 16.9. The Morgan fingerprint density at radius 3 is 3.00 bits per heavy atom. The van der Waals surface area contributed by atoms with Crippen molar-refractivity contribution in [2.24, 2.45) is 0 Å². The fraction of sp³-hybridized carbons (Fsp3) is 0.381. The van der Waals surface area contributed by atoms with Gasteiger partial charge in [0.2, 0.25) is 5.88 Å². The first-order valence-electron chi connectivity index (χ1n) is 9.90. The molecule has 0 aliphatic carbocycles. The molecule has 0 saturated carbocycles. The second-order valence-electron chi connectivity index (χ2n) is 7.43. The Labute approximate surface area is 173 Å². The van der Waals surface area contributed by atoms with Crippen LogP contribution in [0.4, 0.5) is 5.69 Å². The number of rotatable bonds is 2. The summed E-state index contributed by atoms with van der Waals surface area (Å²) in [6, 6.07) is 7.62. The molecule has 156 valence electrons. The van der Waals surface area contributed by atoms with E-state index in [4.69, 9.17) is 14.2 Å². The molecule has 9 nitrogen and oxygen atoms in total. The maximum absolute atomic E-state index is 12.7. The molecule has 0 radical (unpaired) electrons. The van der Waals surface area contributed by atoms with Gasteiger partial charge in [-0.25, -0.2) is 4.52 Å². The number of nitrogens with one attached hydrogen (secondary N) is 1. The van der Waals surface area contributed by atoms with E-state index in [1.165, 1.54) is 0 Å². The minimum atomic E-state index is -0.436. The van der Waals surface area contributed by atoms with Gasteiger partial charge in [0.05, 0.1) is 19.3 Å². The smallest absolute Gasteiger partial charge is 0.252 e. The van der Waals surface area contributed by atoms with Crippen molar-refractivity contribution in [3.8, 4) is 22.8 Å². The lowest BCUT2D eigenvalue weighted by atomic mass is 10.1. The van der Waals surface area contributed by atoms with Gasteiger partial charge in [-0.05, 0) is 17.7 Å². The Hall–Kier alpha value is -3.33. The van der Waals surface area contributed by atoms with Crippen LogP contribution in [0.2, 0.25) is 0 Å². The highest BCUT2D eigenvalue weighted by molar-refractivity contribution is 5.84. The van der Waals surface area contributed by atoms with E-state index in [-0.39, 0.29) is 11.9 Å². The van der Waals surface area contributed by atoms with Crippen LogP contribution in [0, 0.1) is 0 Å². The highest BCUT2D eigenvalue weighted by Gasteiger charge is 2.39. The number of nitrogens with zero attached hydrogens (tertiary/aromatic N) is 4. The van der Waals surface area contributed by atoms with E-state index in [2.05, 4.69) is 15.4 Å². The molecular weight excluding hydrogens is 386 g/mol. The lowest BCUT2D eigenvalue weighted by Gasteiger charge is -2.25. The number of fused-ring (bicyclic) bond motifs is 5. The van der Waals surface area contributed by atoms with Crippen LogP contribution in [-0.4, -0.2) is 71.5 Å². The molecule has 2 atom stereocenters. The van der Waals surface area contributed by atoms with Crippen LogP contribution in [0.15, 0.2) is 36.7 Å². The third-order valence-corrected chi connectivity index (χ3v) is 5.67. The highest BCUT2D eigenvalue weighted by Crippen LogP contribution is 2.32. The average molecular weight is 409 g/mol. The second kappa shape index (κ2) is 7.49. The maximum atomic E-state index is 12.7. The number of anilines is 1. The number of methoxy groups -OCH3 is 2. The minimum absolute atomic E-state index is 0.00665. The lowest BCUT2D eigenvalue weighted by molar-refractivity contribution is -0.136. The van der Waals surface area contributed by atoms with Crippen LogP contribution in [0.3, 0.4) is 0 Å². The fourth-order valence-corrected chi connectivity index (χ4v) is 4.10. The largest absolute Gasteiger partial charge is 0.497 e. The molecule has 1 amide bonds. The van der Waals surface area contributed by atoms with E-state index in [9.17, 15) is 4.79 Å². The van der Waals surface area contributed by atoms with E-state index in [0.29, 0.717) is 37.6 Å². The summed E-state index contributed by atoms with van der Waals surface area (Å²) in [4.78, 5) is 19.2. The van der Waals surface area contributed by atoms with Crippen LogP contribution in [-0.2, 0) is 9.53 Å². The Balaban J connectivity index is 1.58. The quantitative estimate of drug-likeness (QED) is 0.691. The summed E-state index contributed by atoms with van der Waals surface area (Å²) < 4.78 is 18.6. The molecule has 5 rings (SSSR count). The van der Waals surface area contributed by atoms with Crippen LogP contribution >= 0.6 is 0 Å². The van der Waals surface area contributed by atoms with E-state index < -0.39 is 6.10 Å². The predicted molar refractivity (Wildman–Crippen MR) is 110 cm³/mol.